The van der Waals surface area contributed by atoms with Crippen molar-refractivity contribution in [1.82, 2.24) is 4.98 Å². The van der Waals surface area contributed by atoms with Crippen molar-refractivity contribution in [3.8, 4) is 11.9 Å². The van der Waals surface area contributed by atoms with E-state index in [-0.39, 0.29) is 0 Å². The van der Waals surface area contributed by atoms with Crippen LogP contribution in [0.3, 0.4) is 0 Å². The highest BCUT2D eigenvalue weighted by Crippen LogP contribution is 2.15. The number of nitrogens with zero attached hydrogens (tertiary/aromatic N) is 2. The fourth-order valence-corrected chi connectivity index (χ4v) is 1.45. The number of hydrogen-bond donors (Lipinski definition) is 0. The molecule has 0 bridgehead atoms. The first-order chi connectivity index (χ1) is 8.28. The van der Waals surface area contributed by atoms with Crippen LogP contribution in [0.15, 0.2) is 42.6 Å². The maximum Gasteiger partial charge on any atom is 0.215 e. The van der Waals surface area contributed by atoms with Gasteiger partial charge in [0.25, 0.3) is 0 Å². The van der Waals surface area contributed by atoms with Gasteiger partial charge in [0.1, 0.15) is 6.61 Å². The Morgan fingerprint density at radius 3 is 2.65 bits per heavy atom. The second-order valence-electron chi connectivity index (χ2n) is 3.41. The van der Waals surface area contributed by atoms with Crippen LogP contribution in [-0.4, -0.2) is 4.98 Å². The van der Waals surface area contributed by atoms with E-state index in [1.165, 1.54) is 0 Å². The van der Waals surface area contributed by atoms with Crippen LogP contribution >= 0.6 is 11.6 Å². The fraction of sp³-hybridized carbons (Fsp3) is 0.0769. The molecular weight excluding hydrogens is 236 g/mol. The van der Waals surface area contributed by atoms with Gasteiger partial charge in [-0.15, -0.1) is 0 Å². The smallest absolute Gasteiger partial charge is 0.215 e. The van der Waals surface area contributed by atoms with Crippen molar-refractivity contribution in [3.63, 3.8) is 0 Å². The summed E-state index contributed by atoms with van der Waals surface area (Å²) in [6, 6.07) is 12.6. The maximum absolute atomic E-state index is 8.66. The third-order valence-electron chi connectivity index (χ3n) is 2.17. The number of pyridine rings is 1. The summed E-state index contributed by atoms with van der Waals surface area (Å²) in [6.07, 6.45) is 1.59. The van der Waals surface area contributed by atoms with E-state index >= 15 is 0 Å². The van der Waals surface area contributed by atoms with Gasteiger partial charge in [-0.3, -0.25) is 0 Å². The molecule has 2 aromatic rings. The molecule has 1 aromatic heterocycles. The highest BCUT2D eigenvalue weighted by atomic mass is 35.5. The minimum Gasteiger partial charge on any atom is -0.473 e. The van der Waals surface area contributed by atoms with Crippen LogP contribution in [-0.2, 0) is 6.61 Å². The van der Waals surface area contributed by atoms with Crippen LogP contribution in [0.4, 0.5) is 0 Å². The minimum absolute atomic E-state index is 0.402. The average Bonchev–Trinajstić information content (AvgIpc) is 2.37. The third kappa shape index (κ3) is 3.20. The van der Waals surface area contributed by atoms with Crippen molar-refractivity contribution >= 4 is 11.6 Å². The first-order valence-corrected chi connectivity index (χ1v) is 5.39. The van der Waals surface area contributed by atoms with E-state index in [9.17, 15) is 0 Å². The summed E-state index contributed by atoms with van der Waals surface area (Å²) in [7, 11) is 0. The molecular formula is C13H9ClN2O. The molecule has 0 fully saturated rings. The first kappa shape index (κ1) is 11.4. The Morgan fingerprint density at radius 1 is 1.24 bits per heavy atom. The quantitative estimate of drug-likeness (QED) is 0.833. The molecule has 0 unspecified atom stereocenters. The predicted octanol–water partition coefficient (Wildman–Crippen LogP) is 3.19. The van der Waals surface area contributed by atoms with Crippen LogP contribution < -0.4 is 4.74 Å². The third-order valence-corrected chi connectivity index (χ3v) is 2.40. The molecule has 0 amide bonds. The molecule has 4 heteroatoms. The molecule has 0 saturated heterocycles. The Hall–Kier alpha value is -2.05. The van der Waals surface area contributed by atoms with Gasteiger partial charge in [-0.25, -0.2) is 4.98 Å². The molecule has 1 heterocycles. The number of ether oxygens (including phenoxy) is 1. The first-order valence-electron chi connectivity index (χ1n) is 5.01. The standard InChI is InChI=1S/C13H9ClN2O/c14-12-5-6-16-13(7-12)17-9-11-3-1-10(8-15)2-4-11/h1-7H,9H2. The van der Waals surface area contributed by atoms with Crippen molar-refractivity contribution in [2.75, 3.05) is 0 Å². The van der Waals surface area contributed by atoms with E-state index in [2.05, 4.69) is 11.1 Å². The van der Waals surface area contributed by atoms with Crippen LogP contribution in [0.25, 0.3) is 0 Å². The Balaban J connectivity index is 2.00. The van der Waals surface area contributed by atoms with Gasteiger partial charge in [0.05, 0.1) is 11.6 Å². The largest absolute Gasteiger partial charge is 0.473 e. The Kier molecular flexibility index (Phi) is 3.59. The van der Waals surface area contributed by atoms with Gasteiger partial charge >= 0.3 is 0 Å². The molecule has 84 valence electrons. The van der Waals surface area contributed by atoms with Gasteiger partial charge in [-0.05, 0) is 23.8 Å². The van der Waals surface area contributed by atoms with Crippen molar-refractivity contribution in [2.45, 2.75) is 6.61 Å². The molecule has 0 spiro atoms. The van der Waals surface area contributed by atoms with E-state index in [0.29, 0.717) is 23.1 Å². The summed E-state index contributed by atoms with van der Waals surface area (Å²) in [4.78, 5) is 4.03. The van der Waals surface area contributed by atoms with Crippen molar-refractivity contribution in [1.29, 1.82) is 5.26 Å². The van der Waals surface area contributed by atoms with Gasteiger partial charge in [0.15, 0.2) is 0 Å². The lowest BCUT2D eigenvalue weighted by Gasteiger charge is -2.05. The predicted molar refractivity (Wildman–Crippen MR) is 64.7 cm³/mol. The van der Waals surface area contributed by atoms with E-state index in [0.717, 1.165) is 5.56 Å². The molecule has 0 atom stereocenters. The molecule has 0 saturated carbocycles. The van der Waals surface area contributed by atoms with Crippen LogP contribution in [0.2, 0.25) is 5.02 Å². The second kappa shape index (κ2) is 5.33. The highest BCUT2D eigenvalue weighted by Gasteiger charge is 1.98. The normalized spacial score (nSPS) is 9.65. The molecule has 2 rings (SSSR count). The Bertz CT molecular complexity index is 546. The number of nitriles is 1. The maximum atomic E-state index is 8.66. The number of benzene rings is 1. The summed E-state index contributed by atoms with van der Waals surface area (Å²) in [6.45, 7) is 0.402. The van der Waals surface area contributed by atoms with Gasteiger partial charge in [-0.1, -0.05) is 23.7 Å². The Morgan fingerprint density at radius 2 is 2.00 bits per heavy atom. The summed E-state index contributed by atoms with van der Waals surface area (Å²) >= 11 is 5.81. The van der Waals surface area contributed by atoms with Crippen LogP contribution in [0, 0.1) is 11.3 Å². The lowest BCUT2D eigenvalue weighted by molar-refractivity contribution is 0.294. The van der Waals surface area contributed by atoms with Gasteiger partial charge in [0, 0.05) is 17.3 Å². The van der Waals surface area contributed by atoms with Crippen LogP contribution in [0.5, 0.6) is 5.88 Å². The topological polar surface area (TPSA) is 45.9 Å². The number of hydrogen-bond acceptors (Lipinski definition) is 3. The van der Waals surface area contributed by atoms with E-state index < -0.39 is 0 Å². The zero-order valence-corrected chi connectivity index (χ0v) is 9.69. The van der Waals surface area contributed by atoms with E-state index in [4.69, 9.17) is 21.6 Å². The summed E-state index contributed by atoms with van der Waals surface area (Å²) in [5.74, 6) is 0.488. The molecule has 0 radical (unpaired) electrons. The molecule has 0 aliphatic heterocycles. The molecule has 0 aliphatic carbocycles. The molecule has 1 aromatic carbocycles. The molecule has 17 heavy (non-hydrogen) atoms. The van der Waals surface area contributed by atoms with Gasteiger partial charge in [0.2, 0.25) is 5.88 Å². The summed E-state index contributed by atoms with van der Waals surface area (Å²) < 4.78 is 5.47. The second-order valence-corrected chi connectivity index (χ2v) is 3.85. The average molecular weight is 245 g/mol. The zero-order valence-electron chi connectivity index (χ0n) is 8.93. The summed E-state index contributed by atoms with van der Waals surface area (Å²) in [5, 5.41) is 9.25. The van der Waals surface area contributed by atoms with Crippen molar-refractivity contribution in [2.24, 2.45) is 0 Å². The lowest BCUT2D eigenvalue weighted by Crippen LogP contribution is -1.96. The molecule has 0 N–H and O–H groups in total. The summed E-state index contributed by atoms with van der Waals surface area (Å²) in [5.41, 5.74) is 1.61. The Labute approximate surface area is 104 Å². The fourth-order valence-electron chi connectivity index (χ4n) is 1.30. The van der Waals surface area contributed by atoms with Crippen molar-refractivity contribution < 1.29 is 4.74 Å². The zero-order chi connectivity index (χ0) is 12.1. The monoisotopic (exact) mass is 244 g/mol. The van der Waals surface area contributed by atoms with E-state index in [1.54, 1.807) is 30.5 Å². The number of rotatable bonds is 3. The molecule has 0 aliphatic rings. The minimum atomic E-state index is 0.402. The number of halogens is 1. The van der Waals surface area contributed by atoms with Gasteiger partial charge in [-0.2, -0.15) is 5.26 Å². The number of aromatic nitrogens is 1. The van der Waals surface area contributed by atoms with Gasteiger partial charge < -0.3 is 4.74 Å². The lowest BCUT2D eigenvalue weighted by atomic mass is 10.2. The van der Waals surface area contributed by atoms with E-state index in [1.807, 2.05) is 12.1 Å². The van der Waals surface area contributed by atoms with Crippen LogP contribution in [0.1, 0.15) is 11.1 Å². The SMILES string of the molecule is N#Cc1ccc(COc2cc(Cl)ccn2)cc1. The molecule has 3 nitrogen and oxygen atoms in total. The highest BCUT2D eigenvalue weighted by molar-refractivity contribution is 6.30. The van der Waals surface area contributed by atoms with Crippen molar-refractivity contribution in [3.05, 3.63) is 58.7 Å².